The van der Waals surface area contributed by atoms with Gasteiger partial charge in [0.15, 0.2) is 0 Å². The molecule has 6 heterocycles. The summed E-state index contributed by atoms with van der Waals surface area (Å²) in [7, 11) is 4.33. The van der Waals surface area contributed by atoms with Crippen molar-refractivity contribution in [3.63, 3.8) is 0 Å². The lowest BCUT2D eigenvalue weighted by atomic mass is 10.0. The summed E-state index contributed by atoms with van der Waals surface area (Å²) < 4.78 is 9.42. The number of nitrogens with two attached hydrogens (primary N) is 1. The quantitative estimate of drug-likeness (QED) is 0.0992. The van der Waals surface area contributed by atoms with Gasteiger partial charge >= 0.3 is 6.09 Å². The molecule has 16 nitrogen and oxygen atoms in total. The third-order valence-corrected chi connectivity index (χ3v) is 11.5. The van der Waals surface area contributed by atoms with Gasteiger partial charge in [0.1, 0.15) is 5.60 Å². The van der Waals surface area contributed by atoms with Gasteiger partial charge in [-0.15, -0.1) is 0 Å². The maximum Gasteiger partial charge on any atom is 0.407 e. The first-order chi connectivity index (χ1) is 30.3. The van der Waals surface area contributed by atoms with Crippen molar-refractivity contribution in [2.75, 3.05) is 50.9 Å². The SMILES string of the molecule is Cc1cc(-c2ccnc(Nc3cnn(C4CCN(C)CC4)c3)n2)ccc1CN.Cc1cc(-c2ccnc(Nc3cnn(C4CCN(C)CC4)c3)n2)ccc1CNC(=O)OC(C)(C)C. The van der Waals surface area contributed by atoms with Gasteiger partial charge in [0.25, 0.3) is 0 Å². The summed E-state index contributed by atoms with van der Waals surface area (Å²) in [6.45, 7) is 15.0. The predicted molar refractivity (Wildman–Crippen MR) is 248 cm³/mol. The van der Waals surface area contributed by atoms with Gasteiger partial charge in [0, 0.05) is 49.0 Å². The first-order valence-corrected chi connectivity index (χ1v) is 21.8. The van der Waals surface area contributed by atoms with E-state index in [1.54, 1.807) is 12.4 Å². The van der Waals surface area contributed by atoms with Crippen molar-refractivity contribution in [3.05, 3.63) is 108 Å². The number of hydrogen-bond acceptors (Lipinski definition) is 13. The van der Waals surface area contributed by atoms with Crippen molar-refractivity contribution in [1.82, 2.24) is 54.6 Å². The lowest BCUT2D eigenvalue weighted by Crippen LogP contribution is -2.32. The summed E-state index contributed by atoms with van der Waals surface area (Å²) in [4.78, 5) is 34.8. The molecule has 0 aliphatic carbocycles. The summed E-state index contributed by atoms with van der Waals surface area (Å²) >= 11 is 0. The van der Waals surface area contributed by atoms with E-state index in [1.165, 1.54) is 5.56 Å². The molecule has 2 aliphatic rings. The van der Waals surface area contributed by atoms with Crippen LogP contribution in [0.5, 0.6) is 0 Å². The van der Waals surface area contributed by atoms with Crippen LogP contribution in [0.1, 0.15) is 80.8 Å². The fraction of sp³-hybridized carbons (Fsp3) is 0.426. The molecule has 4 aromatic heterocycles. The number of nitrogens with one attached hydrogen (secondary N) is 3. The van der Waals surface area contributed by atoms with Crippen molar-refractivity contribution in [3.8, 4) is 22.5 Å². The molecule has 0 spiro atoms. The second-order valence-corrected chi connectivity index (χ2v) is 17.6. The Labute approximate surface area is 370 Å². The Balaban J connectivity index is 0.000000193. The summed E-state index contributed by atoms with van der Waals surface area (Å²) in [5.41, 5.74) is 15.2. The average Bonchev–Trinajstić information content (AvgIpc) is 3.93. The Hall–Kier alpha value is -6.23. The number of rotatable bonds is 11. The van der Waals surface area contributed by atoms with E-state index in [2.05, 4.69) is 101 Å². The highest BCUT2D eigenvalue weighted by Gasteiger charge is 2.21. The molecular formula is C47H62N14O2. The van der Waals surface area contributed by atoms with E-state index in [-0.39, 0.29) is 0 Å². The fourth-order valence-electron chi connectivity index (χ4n) is 7.76. The van der Waals surface area contributed by atoms with E-state index in [0.29, 0.717) is 37.1 Å². The molecule has 5 N–H and O–H groups in total. The third-order valence-electron chi connectivity index (χ3n) is 11.5. The average molecular weight is 855 g/mol. The molecule has 2 fully saturated rings. The Morgan fingerprint density at radius 1 is 0.714 bits per heavy atom. The molecule has 0 radical (unpaired) electrons. The van der Waals surface area contributed by atoms with Crippen LogP contribution < -0.4 is 21.7 Å². The fourth-order valence-corrected chi connectivity index (χ4v) is 7.76. The number of aromatic nitrogens is 8. The van der Waals surface area contributed by atoms with Crippen molar-refractivity contribution in [1.29, 1.82) is 0 Å². The predicted octanol–water partition coefficient (Wildman–Crippen LogP) is 7.80. The third kappa shape index (κ3) is 12.5. The summed E-state index contributed by atoms with van der Waals surface area (Å²) in [6.07, 6.45) is 15.3. The van der Waals surface area contributed by atoms with Crippen LogP contribution in [0.4, 0.5) is 28.1 Å². The van der Waals surface area contributed by atoms with Crippen LogP contribution in [0.2, 0.25) is 0 Å². The van der Waals surface area contributed by atoms with Crippen LogP contribution in [0.15, 0.2) is 85.7 Å². The molecule has 0 unspecified atom stereocenters. The molecule has 0 saturated carbocycles. The summed E-state index contributed by atoms with van der Waals surface area (Å²) in [5, 5.41) is 18.5. The normalized spacial score (nSPS) is 15.4. The molecule has 16 heteroatoms. The minimum absolute atomic E-state index is 0.402. The molecule has 6 aromatic rings. The van der Waals surface area contributed by atoms with Gasteiger partial charge in [-0.05, 0) is 147 Å². The van der Waals surface area contributed by atoms with E-state index in [1.807, 2.05) is 81.4 Å². The summed E-state index contributed by atoms with van der Waals surface area (Å²) in [5.74, 6) is 1.10. The smallest absolute Gasteiger partial charge is 0.407 e. The summed E-state index contributed by atoms with van der Waals surface area (Å²) in [6, 6.07) is 17.0. The van der Waals surface area contributed by atoms with Crippen LogP contribution in [0.25, 0.3) is 22.5 Å². The number of likely N-dealkylation sites (tertiary alicyclic amines) is 2. The van der Waals surface area contributed by atoms with Gasteiger partial charge in [0.2, 0.25) is 11.9 Å². The van der Waals surface area contributed by atoms with Gasteiger partial charge in [-0.3, -0.25) is 9.36 Å². The number of amides is 1. The van der Waals surface area contributed by atoms with Gasteiger partial charge in [0.05, 0.1) is 47.2 Å². The first kappa shape index (κ1) is 44.8. The van der Waals surface area contributed by atoms with E-state index in [0.717, 1.165) is 102 Å². The number of benzene rings is 2. The largest absolute Gasteiger partial charge is 0.444 e. The number of carbonyl (C=O) groups is 1. The number of ether oxygens (including phenoxy) is 1. The van der Waals surface area contributed by atoms with Crippen molar-refractivity contribution >= 4 is 29.4 Å². The van der Waals surface area contributed by atoms with Crippen LogP contribution in [0.3, 0.4) is 0 Å². The lowest BCUT2D eigenvalue weighted by Gasteiger charge is -2.28. The van der Waals surface area contributed by atoms with Gasteiger partial charge < -0.3 is 36.2 Å². The number of hydrogen-bond donors (Lipinski definition) is 4. The van der Waals surface area contributed by atoms with Crippen molar-refractivity contribution in [2.45, 2.75) is 91.1 Å². The zero-order valence-corrected chi connectivity index (χ0v) is 37.7. The molecule has 8 rings (SSSR count). The minimum Gasteiger partial charge on any atom is -0.444 e. The standard InChI is InChI=1S/C26H35N7O2.C21H27N7/c1-18-14-19(6-7-20(18)15-28-25(34)35-26(2,3)4)23-8-11-27-24(31-23)30-21-16-29-33(17-21)22-9-12-32(5)13-10-22;1-15-11-16(3-4-17(15)12-22)20-5-8-23-21(26-20)25-18-13-24-28(14-18)19-6-9-27(2)10-7-19/h6-8,11,14,16-17,22H,9-10,12-13,15H2,1-5H3,(H,28,34)(H,27,30,31);3-5,8,11,13-14,19H,6-7,9-10,12,22H2,1-2H3,(H,23,25,26). The van der Waals surface area contributed by atoms with Gasteiger partial charge in [-0.25, -0.2) is 24.7 Å². The van der Waals surface area contributed by atoms with E-state index >= 15 is 0 Å². The molecule has 1 amide bonds. The molecule has 63 heavy (non-hydrogen) atoms. The maximum atomic E-state index is 12.0. The molecule has 2 saturated heterocycles. The number of aryl methyl sites for hydroxylation is 2. The zero-order chi connectivity index (χ0) is 44.5. The minimum atomic E-state index is -0.521. The van der Waals surface area contributed by atoms with Crippen molar-refractivity contribution in [2.24, 2.45) is 5.73 Å². The molecule has 2 aromatic carbocycles. The van der Waals surface area contributed by atoms with Crippen LogP contribution >= 0.6 is 0 Å². The lowest BCUT2D eigenvalue weighted by molar-refractivity contribution is 0.0523. The number of anilines is 4. The van der Waals surface area contributed by atoms with Crippen LogP contribution in [-0.2, 0) is 17.8 Å². The Morgan fingerprint density at radius 3 is 1.60 bits per heavy atom. The molecule has 332 valence electrons. The van der Waals surface area contributed by atoms with E-state index < -0.39 is 11.7 Å². The number of nitrogens with zero attached hydrogens (tertiary/aromatic N) is 10. The number of carbonyl (C=O) groups excluding carboxylic acids is 1. The Morgan fingerprint density at radius 2 is 1.17 bits per heavy atom. The molecule has 0 bridgehead atoms. The van der Waals surface area contributed by atoms with Crippen LogP contribution in [-0.4, -0.2) is 101 Å². The van der Waals surface area contributed by atoms with Gasteiger partial charge in [-0.1, -0.05) is 24.3 Å². The number of alkyl carbamates (subject to hydrolysis) is 1. The Kier molecular flexibility index (Phi) is 14.4. The van der Waals surface area contributed by atoms with E-state index in [9.17, 15) is 4.79 Å². The van der Waals surface area contributed by atoms with E-state index in [4.69, 9.17) is 15.5 Å². The molecule has 0 atom stereocenters. The zero-order valence-electron chi connectivity index (χ0n) is 37.7. The second kappa shape index (κ2) is 20.3. The second-order valence-electron chi connectivity index (χ2n) is 17.6. The number of piperidine rings is 2. The first-order valence-electron chi connectivity index (χ1n) is 21.8. The Bertz CT molecular complexity index is 2440. The molecular weight excluding hydrogens is 793 g/mol. The van der Waals surface area contributed by atoms with Crippen molar-refractivity contribution < 1.29 is 9.53 Å². The van der Waals surface area contributed by atoms with Gasteiger partial charge in [-0.2, -0.15) is 10.2 Å². The maximum absolute atomic E-state index is 12.0. The van der Waals surface area contributed by atoms with Crippen LogP contribution in [0, 0.1) is 13.8 Å². The highest BCUT2D eigenvalue weighted by Crippen LogP contribution is 2.27. The topological polar surface area (TPSA) is 182 Å². The highest BCUT2D eigenvalue weighted by molar-refractivity contribution is 5.68. The highest BCUT2D eigenvalue weighted by atomic mass is 16.6. The monoisotopic (exact) mass is 855 g/mol. The molecule has 2 aliphatic heterocycles.